The topological polar surface area (TPSA) is 128 Å². The van der Waals surface area contributed by atoms with E-state index in [-0.39, 0.29) is 28.2 Å². The number of nitrogens with one attached hydrogen (secondary N) is 3. The molecule has 0 spiro atoms. The third-order valence-corrected chi connectivity index (χ3v) is 5.21. The van der Waals surface area contributed by atoms with Crippen molar-refractivity contribution in [2.45, 2.75) is 36.9 Å². The molecule has 0 atom stereocenters. The lowest BCUT2D eigenvalue weighted by molar-refractivity contribution is -0.117. The summed E-state index contributed by atoms with van der Waals surface area (Å²) in [5, 5.41) is 14.5. The van der Waals surface area contributed by atoms with E-state index in [0.29, 0.717) is 5.56 Å². The molecule has 28 heavy (non-hydrogen) atoms. The van der Waals surface area contributed by atoms with Crippen LogP contribution in [-0.2, 0) is 4.79 Å². The molecule has 3 N–H and O–H groups in total. The molecule has 3 rings (SSSR count). The van der Waals surface area contributed by atoms with Crippen molar-refractivity contribution < 1.29 is 9.59 Å². The minimum absolute atomic E-state index is 0.0871. The number of imide groups is 1. The van der Waals surface area contributed by atoms with Gasteiger partial charge in [0, 0.05) is 11.6 Å². The number of benzene rings is 1. The van der Waals surface area contributed by atoms with Crippen LogP contribution < -0.4 is 16.2 Å². The van der Waals surface area contributed by atoms with Gasteiger partial charge >= 0.3 is 6.03 Å². The molecule has 0 unspecified atom stereocenters. The maximum atomic E-state index is 12.2. The number of carbonyl (C=O) groups excluding carboxylic acids is 2. The van der Waals surface area contributed by atoms with Gasteiger partial charge in [-0.2, -0.15) is 5.26 Å². The SMILES string of the molecule is N#Cc1c(-c2ccccc2)nc(SCC(=O)NC(=O)NC2CCCC2)[nH]c1=O. The number of nitriles is 1. The molecule has 0 saturated heterocycles. The molecule has 1 aliphatic carbocycles. The van der Waals surface area contributed by atoms with Crippen LogP contribution in [0.2, 0.25) is 0 Å². The highest BCUT2D eigenvalue weighted by atomic mass is 32.2. The summed E-state index contributed by atoms with van der Waals surface area (Å²) in [7, 11) is 0. The van der Waals surface area contributed by atoms with Crippen molar-refractivity contribution in [3.05, 3.63) is 46.2 Å². The van der Waals surface area contributed by atoms with Crippen LogP contribution in [0.15, 0.2) is 40.3 Å². The standard InChI is InChI=1S/C19H19N5O3S/c20-10-14-16(12-6-2-1-3-7-12)23-19(24-17(14)26)28-11-15(25)22-18(27)21-13-8-4-5-9-13/h1-3,6-7,13H,4-5,8-9,11H2,(H,23,24,26)(H2,21,22,25,27). The second-order valence-electron chi connectivity index (χ2n) is 6.36. The van der Waals surface area contributed by atoms with Gasteiger partial charge in [-0.05, 0) is 12.8 Å². The van der Waals surface area contributed by atoms with E-state index < -0.39 is 17.5 Å². The summed E-state index contributed by atoms with van der Waals surface area (Å²) in [5.41, 5.74) is 0.232. The lowest BCUT2D eigenvalue weighted by Crippen LogP contribution is -2.44. The predicted octanol–water partition coefficient (Wildman–Crippen LogP) is 2.17. The Kier molecular flexibility index (Phi) is 6.45. The molecular weight excluding hydrogens is 378 g/mol. The van der Waals surface area contributed by atoms with E-state index in [0.717, 1.165) is 37.4 Å². The molecule has 1 aromatic heterocycles. The molecule has 1 aromatic carbocycles. The number of urea groups is 1. The number of nitrogens with zero attached hydrogens (tertiary/aromatic N) is 2. The Bertz CT molecular complexity index is 962. The molecule has 3 amide bonds. The van der Waals surface area contributed by atoms with Gasteiger partial charge in [0.2, 0.25) is 5.91 Å². The Labute approximate surface area is 165 Å². The number of hydrogen-bond donors (Lipinski definition) is 3. The van der Waals surface area contributed by atoms with Crippen LogP contribution in [-0.4, -0.2) is 33.7 Å². The van der Waals surface area contributed by atoms with Gasteiger partial charge < -0.3 is 10.3 Å². The minimum atomic E-state index is -0.571. The van der Waals surface area contributed by atoms with Crippen molar-refractivity contribution in [1.82, 2.24) is 20.6 Å². The Morgan fingerprint density at radius 2 is 1.96 bits per heavy atom. The van der Waals surface area contributed by atoms with Crippen LogP contribution in [0.25, 0.3) is 11.3 Å². The summed E-state index contributed by atoms with van der Waals surface area (Å²) in [6.45, 7) is 0. The molecule has 1 heterocycles. The molecule has 8 nitrogen and oxygen atoms in total. The second-order valence-corrected chi connectivity index (χ2v) is 7.33. The molecule has 1 fully saturated rings. The van der Waals surface area contributed by atoms with Crippen molar-refractivity contribution in [1.29, 1.82) is 5.26 Å². The van der Waals surface area contributed by atoms with E-state index in [1.54, 1.807) is 24.3 Å². The summed E-state index contributed by atoms with van der Waals surface area (Å²) >= 11 is 0.987. The van der Waals surface area contributed by atoms with Crippen LogP contribution >= 0.6 is 11.8 Å². The maximum Gasteiger partial charge on any atom is 0.321 e. The number of hydrogen-bond acceptors (Lipinski definition) is 6. The van der Waals surface area contributed by atoms with Gasteiger partial charge in [-0.1, -0.05) is 54.9 Å². The largest absolute Gasteiger partial charge is 0.335 e. The summed E-state index contributed by atoms with van der Waals surface area (Å²) in [4.78, 5) is 42.8. The highest BCUT2D eigenvalue weighted by Gasteiger charge is 2.19. The smallest absolute Gasteiger partial charge is 0.321 e. The minimum Gasteiger partial charge on any atom is -0.335 e. The third kappa shape index (κ3) is 4.98. The average Bonchev–Trinajstić information content (AvgIpc) is 3.19. The summed E-state index contributed by atoms with van der Waals surface area (Å²) in [5.74, 6) is -0.588. The monoisotopic (exact) mass is 397 g/mol. The molecule has 0 radical (unpaired) electrons. The number of thioether (sulfide) groups is 1. The molecule has 0 aliphatic heterocycles. The zero-order chi connectivity index (χ0) is 19.9. The Morgan fingerprint density at radius 3 is 2.64 bits per heavy atom. The fourth-order valence-electron chi connectivity index (χ4n) is 3.02. The van der Waals surface area contributed by atoms with E-state index in [1.165, 1.54) is 0 Å². The van der Waals surface area contributed by atoms with Crippen molar-refractivity contribution in [3.8, 4) is 17.3 Å². The van der Waals surface area contributed by atoms with E-state index in [9.17, 15) is 19.6 Å². The highest BCUT2D eigenvalue weighted by molar-refractivity contribution is 7.99. The number of carbonyl (C=O) groups is 2. The number of aromatic nitrogens is 2. The molecule has 9 heteroatoms. The van der Waals surface area contributed by atoms with Gasteiger partial charge in [-0.15, -0.1) is 0 Å². The van der Waals surface area contributed by atoms with Crippen LogP contribution in [0, 0.1) is 11.3 Å². The third-order valence-electron chi connectivity index (χ3n) is 4.34. The van der Waals surface area contributed by atoms with Gasteiger partial charge in [-0.25, -0.2) is 9.78 Å². The molecule has 1 saturated carbocycles. The fraction of sp³-hybridized carbons (Fsp3) is 0.316. The number of amides is 3. The van der Waals surface area contributed by atoms with E-state index in [2.05, 4.69) is 20.6 Å². The Hall–Kier alpha value is -3.12. The lowest BCUT2D eigenvalue weighted by atomic mass is 10.1. The van der Waals surface area contributed by atoms with Gasteiger partial charge in [0.15, 0.2) is 5.16 Å². The first-order valence-corrected chi connectivity index (χ1v) is 9.88. The van der Waals surface area contributed by atoms with Gasteiger partial charge in [-0.3, -0.25) is 14.9 Å². The van der Waals surface area contributed by atoms with Crippen molar-refractivity contribution >= 4 is 23.7 Å². The summed E-state index contributed by atoms with van der Waals surface area (Å²) in [6, 6.07) is 10.3. The zero-order valence-corrected chi connectivity index (χ0v) is 15.8. The van der Waals surface area contributed by atoms with E-state index in [1.807, 2.05) is 12.1 Å². The molecule has 144 valence electrons. The van der Waals surface area contributed by atoms with Crippen LogP contribution in [0.3, 0.4) is 0 Å². The quantitative estimate of drug-likeness (QED) is 0.524. The van der Waals surface area contributed by atoms with E-state index in [4.69, 9.17) is 0 Å². The Balaban J connectivity index is 1.65. The van der Waals surface area contributed by atoms with E-state index >= 15 is 0 Å². The number of aromatic amines is 1. The average molecular weight is 397 g/mol. The van der Waals surface area contributed by atoms with Crippen molar-refractivity contribution in [2.24, 2.45) is 0 Å². The number of H-pyrrole nitrogens is 1. The molecule has 1 aliphatic rings. The first-order valence-electron chi connectivity index (χ1n) is 8.90. The molecule has 0 bridgehead atoms. The van der Waals surface area contributed by atoms with Gasteiger partial charge in [0.1, 0.15) is 11.6 Å². The summed E-state index contributed by atoms with van der Waals surface area (Å²) in [6.07, 6.45) is 4.01. The zero-order valence-electron chi connectivity index (χ0n) is 15.0. The Morgan fingerprint density at radius 1 is 1.25 bits per heavy atom. The maximum absolute atomic E-state index is 12.2. The van der Waals surface area contributed by atoms with Crippen LogP contribution in [0.1, 0.15) is 31.2 Å². The van der Waals surface area contributed by atoms with Crippen molar-refractivity contribution in [2.75, 3.05) is 5.75 Å². The predicted molar refractivity (Wildman–Crippen MR) is 105 cm³/mol. The normalized spacial score (nSPS) is 13.7. The van der Waals surface area contributed by atoms with Crippen LogP contribution in [0.5, 0.6) is 0 Å². The fourth-order valence-corrected chi connectivity index (χ4v) is 3.68. The van der Waals surface area contributed by atoms with Gasteiger partial charge in [0.25, 0.3) is 5.56 Å². The van der Waals surface area contributed by atoms with Gasteiger partial charge in [0.05, 0.1) is 11.4 Å². The highest BCUT2D eigenvalue weighted by Crippen LogP contribution is 2.21. The van der Waals surface area contributed by atoms with Crippen LogP contribution in [0.4, 0.5) is 4.79 Å². The summed E-state index contributed by atoms with van der Waals surface area (Å²) < 4.78 is 0. The first kappa shape index (κ1) is 19.6. The second kappa shape index (κ2) is 9.19. The molecule has 2 aromatic rings. The first-order chi connectivity index (χ1) is 13.6. The van der Waals surface area contributed by atoms with Crippen molar-refractivity contribution in [3.63, 3.8) is 0 Å². The molecular formula is C19H19N5O3S. The lowest BCUT2D eigenvalue weighted by Gasteiger charge is -2.12. The number of rotatable bonds is 5.